The topological polar surface area (TPSA) is 21.3 Å². The van der Waals surface area contributed by atoms with Crippen LogP contribution in [-0.2, 0) is 0 Å². The van der Waals surface area contributed by atoms with E-state index in [0.717, 1.165) is 28.8 Å². The van der Waals surface area contributed by atoms with Gasteiger partial charge in [-0.1, -0.05) is 28.8 Å². The molecule has 0 fully saturated rings. The Bertz CT molecular complexity index is 398. The molecule has 0 saturated heterocycles. The van der Waals surface area contributed by atoms with Crippen LogP contribution in [0.15, 0.2) is 22.7 Å². The maximum Gasteiger partial charge on any atom is 0.148 e. The quantitative estimate of drug-likeness (QED) is 0.811. The first-order valence-corrected chi connectivity index (χ1v) is 6.57. The van der Waals surface area contributed by atoms with Crippen LogP contribution in [0.5, 0.6) is 5.75 Å². The van der Waals surface area contributed by atoms with Crippen molar-refractivity contribution < 1.29 is 4.74 Å². The summed E-state index contributed by atoms with van der Waals surface area (Å²) in [6, 6.07) is 6.22. The van der Waals surface area contributed by atoms with Gasteiger partial charge in [0.15, 0.2) is 0 Å². The van der Waals surface area contributed by atoms with Gasteiger partial charge in [0.25, 0.3) is 0 Å². The van der Waals surface area contributed by atoms with Crippen LogP contribution in [0, 0.1) is 12.3 Å². The van der Waals surface area contributed by atoms with E-state index in [2.05, 4.69) is 47.1 Å². The standard InChI is InChI=1S/C14H18BrNO/c1-4-8-16-11(3)13-10-12(15)6-7-14(13)17-9-5-2/h2,6-7,10-11,16H,4,8-9H2,1,3H3. The van der Waals surface area contributed by atoms with Crippen LogP contribution in [0.1, 0.15) is 31.9 Å². The molecule has 0 aromatic heterocycles. The number of halogens is 1. The van der Waals surface area contributed by atoms with Gasteiger partial charge in [0.2, 0.25) is 0 Å². The van der Waals surface area contributed by atoms with E-state index in [0.29, 0.717) is 6.61 Å². The normalized spacial score (nSPS) is 11.9. The molecule has 0 amide bonds. The molecule has 0 heterocycles. The second-order valence-corrected chi connectivity index (χ2v) is 4.77. The third kappa shape index (κ3) is 4.41. The SMILES string of the molecule is C#CCOc1ccc(Br)cc1C(C)NCCC. The van der Waals surface area contributed by atoms with Gasteiger partial charge in [-0.15, -0.1) is 6.42 Å². The summed E-state index contributed by atoms with van der Waals surface area (Å²) < 4.78 is 6.59. The van der Waals surface area contributed by atoms with E-state index in [-0.39, 0.29) is 6.04 Å². The van der Waals surface area contributed by atoms with E-state index < -0.39 is 0 Å². The third-order valence-electron chi connectivity index (χ3n) is 2.45. The molecular formula is C14H18BrNO. The van der Waals surface area contributed by atoms with E-state index in [9.17, 15) is 0 Å². The number of hydrogen-bond acceptors (Lipinski definition) is 2. The lowest BCUT2D eigenvalue weighted by molar-refractivity contribution is 0.360. The van der Waals surface area contributed by atoms with Crippen LogP contribution < -0.4 is 10.1 Å². The summed E-state index contributed by atoms with van der Waals surface area (Å²) >= 11 is 3.48. The molecule has 0 spiro atoms. The fraction of sp³-hybridized carbons (Fsp3) is 0.429. The van der Waals surface area contributed by atoms with Crippen molar-refractivity contribution in [3.63, 3.8) is 0 Å². The average molecular weight is 296 g/mol. The lowest BCUT2D eigenvalue weighted by atomic mass is 10.1. The molecule has 17 heavy (non-hydrogen) atoms. The maximum atomic E-state index is 5.55. The second-order valence-electron chi connectivity index (χ2n) is 3.85. The van der Waals surface area contributed by atoms with E-state index in [1.807, 2.05) is 12.1 Å². The van der Waals surface area contributed by atoms with Crippen molar-refractivity contribution in [3.8, 4) is 18.1 Å². The summed E-state index contributed by atoms with van der Waals surface area (Å²) in [7, 11) is 0. The Labute approximate surface area is 112 Å². The lowest BCUT2D eigenvalue weighted by Gasteiger charge is -2.17. The molecule has 1 unspecified atom stereocenters. The molecule has 1 aromatic carbocycles. The number of hydrogen-bond donors (Lipinski definition) is 1. The average Bonchev–Trinajstić information content (AvgIpc) is 2.34. The van der Waals surface area contributed by atoms with Crippen molar-refractivity contribution in [2.45, 2.75) is 26.3 Å². The van der Waals surface area contributed by atoms with Gasteiger partial charge >= 0.3 is 0 Å². The molecular weight excluding hydrogens is 278 g/mol. The molecule has 1 aromatic rings. The summed E-state index contributed by atoms with van der Waals surface area (Å²) in [6.07, 6.45) is 6.32. The molecule has 0 aliphatic rings. The molecule has 0 aliphatic carbocycles. The Kier molecular flexibility index (Phi) is 6.10. The highest BCUT2D eigenvalue weighted by Crippen LogP contribution is 2.28. The van der Waals surface area contributed by atoms with Crippen molar-refractivity contribution in [2.75, 3.05) is 13.2 Å². The zero-order chi connectivity index (χ0) is 12.7. The van der Waals surface area contributed by atoms with E-state index >= 15 is 0 Å². The third-order valence-corrected chi connectivity index (χ3v) is 2.94. The van der Waals surface area contributed by atoms with Gasteiger partial charge in [-0.05, 0) is 38.1 Å². The van der Waals surface area contributed by atoms with Crippen LogP contribution in [0.4, 0.5) is 0 Å². The number of ether oxygens (including phenoxy) is 1. The maximum absolute atomic E-state index is 5.55. The highest BCUT2D eigenvalue weighted by atomic mass is 79.9. The smallest absolute Gasteiger partial charge is 0.148 e. The zero-order valence-electron chi connectivity index (χ0n) is 10.3. The van der Waals surface area contributed by atoms with Crippen molar-refractivity contribution in [2.24, 2.45) is 0 Å². The van der Waals surface area contributed by atoms with E-state index in [1.165, 1.54) is 0 Å². The van der Waals surface area contributed by atoms with Crippen LogP contribution in [0.3, 0.4) is 0 Å². The largest absolute Gasteiger partial charge is 0.481 e. The Morgan fingerprint density at radius 3 is 2.94 bits per heavy atom. The predicted octanol–water partition coefficient (Wildman–Crippen LogP) is 3.52. The van der Waals surface area contributed by atoms with Gasteiger partial charge in [-0.2, -0.15) is 0 Å². The van der Waals surface area contributed by atoms with Crippen molar-refractivity contribution in [1.29, 1.82) is 0 Å². The van der Waals surface area contributed by atoms with Gasteiger partial charge in [-0.25, -0.2) is 0 Å². The second kappa shape index (κ2) is 7.37. The number of benzene rings is 1. The number of nitrogens with one attached hydrogen (secondary N) is 1. The van der Waals surface area contributed by atoms with Gasteiger partial charge < -0.3 is 10.1 Å². The predicted molar refractivity (Wildman–Crippen MR) is 75.2 cm³/mol. The fourth-order valence-electron chi connectivity index (χ4n) is 1.58. The van der Waals surface area contributed by atoms with Crippen LogP contribution in [-0.4, -0.2) is 13.2 Å². The molecule has 0 aliphatic heterocycles. The molecule has 0 bridgehead atoms. The first kappa shape index (κ1) is 14.1. The van der Waals surface area contributed by atoms with Crippen molar-refractivity contribution >= 4 is 15.9 Å². The summed E-state index contributed by atoms with van der Waals surface area (Å²) in [6.45, 7) is 5.56. The first-order valence-electron chi connectivity index (χ1n) is 5.78. The van der Waals surface area contributed by atoms with Gasteiger partial charge in [-0.3, -0.25) is 0 Å². The lowest BCUT2D eigenvalue weighted by Crippen LogP contribution is -2.20. The first-order chi connectivity index (χ1) is 8.19. The summed E-state index contributed by atoms with van der Waals surface area (Å²) in [5, 5.41) is 3.44. The van der Waals surface area contributed by atoms with Crippen LogP contribution in [0.2, 0.25) is 0 Å². The van der Waals surface area contributed by atoms with Gasteiger partial charge in [0.1, 0.15) is 12.4 Å². The molecule has 1 N–H and O–H groups in total. The highest BCUT2D eigenvalue weighted by Gasteiger charge is 2.11. The summed E-state index contributed by atoms with van der Waals surface area (Å²) in [5.41, 5.74) is 1.13. The van der Waals surface area contributed by atoms with Crippen LogP contribution in [0.25, 0.3) is 0 Å². The minimum Gasteiger partial charge on any atom is -0.481 e. The minimum absolute atomic E-state index is 0.250. The van der Waals surface area contributed by atoms with Gasteiger partial charge in [0.05, 0.1) is 0 Å². The summed E-state index contributed by atoms with van der Waals surface area (Å²) in [4.78, 5) is 0. The Morgan fingerprint density at radius 2 is 2.29 bits per heavy atom. The highest BCUT2D eigenvalue weighted by molar-refractivity contribution is 9.10. The molecule has 0 radical (unpaired) electrons. The van der Waals surface area contributed by atoms with Gasteiger partial charge in [0, 0.05) is 16.1 Å². The van der Waals surface area contributed by atoms with Crippen molar-refractivity contribution in [1.82, 2.24) is 5.32 Å². The fourth-order valence-corrected chi connectivity index (χ4v) is 1.96. The van der Waals surface area contributed by atoms with Crippen LogP contribution >= 0.6 is 15.9 Å². The number of rotatable bonds is 6. The Morgan fingerprint density at radius 1 is 1.53 bits per heavy atom. The molecule has 92 valence electrons. The molecule has 2 nitrogen and oxygen atoms in total. The van der Waals surface area contributed by atoms with E-state index in [1.54, 1.807) is 0 Å². The minimum atomic E-state index is 0.250. The summed E-state index contributed by atoms with van der Waals surface area (Å²) in [5.74, 6) is 3.34. The van der Waals surface area contributed by atoms with E-state index in [4.69, 9.17) is 11.2 Å². The zero-order valence-corrected chi connectivity index (χ0v) is 11.9. The van der Waals surface area contributed by atoms with Crippen molar-refractivity contribution in [3.05, 3.63) is 28.2 Å². The monoisotopic (exact) mass is 295 g/mol. The number of terminal acetylenes is 1. The molecule has 1 rings (SSSR count). The molecule has 0 saturated carbocycles. The Balaban J connectivity index is 2.86. The molecule has 1 atom stereocenters. The molecule has 3 heteroatoms. The Hall–Kier alpha value is -0.980.